The number of rotatable bonds is 6. The summed E-state index contributed by atoms with van der Waals surface area (Å²) in [5.74, 6) is -4.28. The van der Waals surface area contributed by atoms with Crippen LogP contribution in [0.15, 0.2) is 12.1 Å². The highest BCUT2D eigenvalue weighted by atomic mass is 19.1. The second kappa shape index (κ2) is 6.95. The van der Waals surface area contributed by atoms with Crippen molar-refractivity contribution < 1.29 is 23.5 Å². The van der Waals surface area contributed by atoms with Gasteiger partial charge < -0.3 is 15.7 Å². The molecule has 0 spiro atoms. The molecule has 1 unspecified atom stereocenters. The third kappa shape index (κ3) is 4.27. The van der Waals surface area contributed by atoms with Crippen LogP contribution < -0.4 is 10.6 Å². The van der Waals surface area contributed by atoms with Gasteiger partial charge in [-0.1, -0.05) is 6.92 Å². The number of amides is 1. The van der Waals surface area contributed by atoms with E-state index in [1.807, 2.05) is 13.8 Å². The standard InChI is InChI=1S/C13H16F2N2O3/c1-3-7(2)16-6-12(18)17-11-4-8(13(19)20)9(14)5-10(11)15/h4-5,7,16H,3,6H2,1-2H3,(H,17,18)(H,19,20). The Hall–Kier alpha value is -2.02. The van der Waals surface area contributed by atoms with Crippen LogP contribution in [0.3, 0.4) is 0 Å². The molecule has 0 saturated heterocycles. The van der Waals surface area contributed by atoms with Gasteiger partial charge >= 0.3 is 5.97 Å². The van der Waals surface area contributed by atoms with Crippen LogP contribution in [0, 0.1) is 11.6 Å². The van der Waals surface area contributed by atoms with E-state index in [9.17, 15) is 18.4 Å². The number of carboxylic acids is 1. The van der Waals surface area contributed by atoms with Crippen molar-refractivity contribution in [2.45, 2.75) is 26.3 Å². The Balaban J connectivity index is 2.79. The minimum atomic E-state index is -1.53. The summed E-state index contributed by atoms with van der Waals surface area (Å²) in [6.45, 7) is 3.77. The lowest BCUT2D eigenvalue weighted by Gasteiger charge is -2.12. The molecule has 0 aliphatic rings. The molecule has 0 radical (unpaired) electrons. The summed E-state index contributed by atoms with van der Waals surface area (Å²) in [5.41, 5.74) is -1.06. The van der Waals surface area contributed by atoms with E-state index in [1.54, 1.807) is 0 Å². The van der Waals surface area contributed by atoms with Crippen LogP contribution in [0.1, 0.15) is 30.6 Å². The van der Waals surface area contributed by atoms with Crippen LogP contribution in [0.25, 0.3) is 0 Å². The van der Waals surface area contributed by atoms with Crippen LogP contribution in [0.2, 0.25) is 0 Å². The monoisotopic (exact) mass is 286 g/mol. The summed E-state index contributed by atoms with van der Waals surface area (Å²) in [6, 6.07) is 1.31. The molecule has 0 saturated carbocycles. The van der Waals surface area contributed by atoms with Gasteiger partial charge in [0.1, 0.15) is 11.6 Å². The minimum absolute atomic E-state index is 0.0474. The second-order valence-electron chi connectivity index (χ2n) is 4.36. The number of hydrogen-bond acceptors (Lipinski definition) is 3. The van der Waals surface area contributed by atoms with E-state index in [0.717, 1.165) is 12.5 Å². The molecular formula is C13H16F2N2O3. The normalized spacial score (nSPS) is 12.0. The number of halogens is 2. The highest BCUT2D eigenvalue weighted by Crippen LogP contribution is 2.19. The number of benzene rings is 1. The summed E-state index contributed by atoms with van der Waals surface area (Å²) < 4.78 is 26.6. The Kier molecular flexibility index (Phi) is 5.57. The van der Waals surface area contributed by atoms with Gasteiger partial charge in [0.25, 0.3) is 0 Å². The number of carbonyl (C=O) groups is 2. The molecular weight excluding hydrogens is 270 g/mol. The van der Waals surface area contributed by atoms with Crippen molar-refractivity contribution >= 4 is 17.6 Å². The molecule has 1 amide bonds. The Morgan fingerprint density at radius 3 is 2.50 bits per heavy atom. The van der Waals surface area contributed by atoms with Gasteiger partial charge in [-0.15, -0.1) is 0 Å². The van der Waals surface area contributed by atoms with Gasteiger partial charge in [0.15, 0.2) is 0 Å². The first-order valence-corrected chi connectivity index (χ1v) is 6.10. The van der Waals surface area contributed by atoms with Crippen LogP contribution >= 0.6 is 0 Å². The number of carbonyl (C=O) groups excluding carboxylic acids is 1. The van der Waals surface area contributed by atoms with Crippen LogP contribution in [-0.4, -0.2) is 29.6 Å². The Labute approximate surface area is 115 Å². The highest BCUT2D eigenvalue weighted by Gasteiger charge is 2.16. The second-order valence-corrected chi connectivity index (χ2v) is 4.36. The summed E-state index contributed by atoms with van der Waals surface area (Å²) in [4.78, 5) is 22.3. The fraction of sp³-hybridized carbons (Fsp3) is 0.385. The predicted molar refractivity (Wildman–Crippen MR) is 69.7 cm³/mol. The number of nitrogens with one attached hydrogen (secondary N) is 2. The molecule has 3 N–H and O–H groups in total. The van der Waals surface area contributed by atoms with Gasteiger partial charge in [-0.3, -0.25) is 4.79 Å². The van der Waals surface area contributed by atoms with Crippen molar-refractivity contribution in [1.82, 2.24) is 5.32 Å². The van der Waals surface area contributed by atoms with Gasteiger partial charge in [-0.2, -0.15) is 0 Å². The first kappa shape index (κ1) is 16.0. The van der Waals surface area contributed by atoms with Crippen molar-refractivity contribution in [3.05, 3.63) is 29.3 Å². The number of hydrogen-bond donors (Lipinski definition) is 3. The predicted octanol–water partition coefficient (Wildman–Crippen LogP) is 1.99. The van der Waals surface area contributed by atoms with Crippen LogP contribution in [0.4, 0.5) is 14.5 Å². The summed E-state index contributed by atoms with van der Waals surface area (Å²) in [6.07, 6.45) is 0.821. The maximum Gasteiger partial charge on any atom is 0.338 e. The first-order valence-electron chi connectivity index (χ1n) is 6.10. The third-order valence-electron chi connectivity index (χ3n) is 2.78. The molecule has 1 atom stereocenters. The van der Waals surface area contributed by atoms with Crippen molar-refractivity contribution in [2.24, 2.45) is 0 Å². The van der Waals surface area contributed by atoms with E-state index < -0.39 is 29.1 Å². The van der Waals surface area contributed by atoms with Gasteiger partial charge in [-0.25, -0.2) is 13.6 Å². The molecule has 0 fully saturated rings. The molecule has 5 nitrogen and oxygen atoms in total. The van der Waals surface area contributed by atoms with E-state index in [2.05, 4.69) is 10.6 Å². The van der Waals surface area contributed by atoms with Gasteiger partial charge in [0.2, 0.25) is 5.91 Å². The van der Waals surface area contributed by atoms with E-state index in [1.165, 1.54) is 0 Å². The summed E-state index contributed by atoms with van der Waals surface area (Å²) >= 11 is 0. The van der Waals surface area contributed by atoms with Crippen molar-refractivity contribution in [1.29, 1.82) is 0 Å². The molecule has 1 aromatic carbocycles. The molecule has 7 heteroatoms. The lowest BCUT2D eigenvalue weighted by Crippen LogP contribution is -2.34. The fourth-order valence-electron chi connectivity index (χ4n) is 1.41. The molecule has 1 aromatic rings. The molecule has 0 bridgehead atoms. The van der Waals surface area contributed by atoms with Crippen LogP contribution in [0.5, 0.6) is 0 Å². The SMILES string of the molecule is CCC(C)NCC(=O)Nc1cc(C(=O)O)c(F)cc1F. The smallest absolute Gasteiger partial charge is 0.338 e. The Morgan fingerprint density at radius 2 is 1.95 bits per heavy atom. The Morgan fingerprint density at radius 1 is 1.30 bits per heavy atom. The quantitative estimate of drug-likeness (QED) is 0.747. The van der Waals surface area contributed by atoms with Crippen molar-refractivity contribution in [3.8, 4) is 0 Å². The van der Waals surface area contributed by atoms with E-state index in [-0.39, 0.29) is 18.3 Å². The molecule has 0 aliphatic carbocycles. The zero-order valence-corrected chi connectivity index (χ0v) is 11.2. The maximum absolute atomic E-state index is 13.5. The largest absolute Gasteiger partial charge is 0.478 e. The lowest BCUT2D eigenvalue weighted by atomic mass is 10.1. The molecule has 20 heavy (non-hydrogen) atoms. The minimum Gasteiger partial charge on any atom is -0.478 e. The fourth-order valence-corrected chi connectivity index (χ4v) is 1.41. The Bertz CT molecular complexity index is 521. The average Bonchev–Trinajstić information content (AvgIpc) is 2.38. The third-order valence-corrected chi connectivity index (χ3v) is 2.78. The van der Waals surface area contributed by atoms with Gasteiger partial charge in [0, 0.05) is 12.1 Å². The van der Waals surface area contributed by atoms with E-state index in [0.29, 0.717) is 6.07 Å². The van der Waals surface area contributed by atoms with E-state index >= 15 is 0 Å². The zero-order chi connectivity index (χ0) is 15.3. The van der Waals surface area contributed by atoms with Gasteiger partial charge in [-0.05, 0) is 19.4 Å². The van der Waals surface area contributed by atoms with Crippen molar-refractivity contribution in [2.75, 3.05) is 11.9 Å². The summed E-state index contributed by atoms with van der Waals surface area (Å²) in [7, 11) is 0. The van der Waals surface area contributed by atoms with Crippen LogP contribution in [-0.2, 0) is 4.79 Å². The van der Waals surface area contributed by atoms with Crippen molar-refractivity contribution in [3.63, 3.8) is 0 Å². The van der Waals surface area contributed by atoms with E-state index in [4.69, 9.17) is 5.11 Å². The molecule has 0 heterocycles. The average molecular weight is 286 g/mol. The number of anilines is 1. The van der Waals surface area contributed by atoms with Gasteiger partial charge in [0.05, 0.1) is 17.8 Å². The summed E-state index contributed by atoms with van der Waals surface area (Å²) in [5, 5.41) is 13.8. The molecule has 0 aliphatic heterocycles. The highest BCUT2D eigenvalue weighted by molar-refractivity contribution is 5.95. The zero-order valence-electron chi connectivity index (χ0n) is 11.2. The molecule has 0 aromatic heterocycles. The molecule has 1 rings (SSSR count). The number of carboxylic acid groups (broad SMARTS) is 1. The topological polar surface area (TPSA) is 78.4 Å². The lowest BCUT2D eigenvalue weighted by molar-refractivity contribution is -0.115. The maximum atomic E-state index is 13.5. The number of aromatic carboxylic acids is 1. The first-order chi connectivity index (χ1) is 9.35. The molecule has 110 valence electrons.